The van der Waals surface area contributed by atoms with Crippen LogP contribution in [0, 0.1) is 11.8 Å². The highest BCUT2D eigenvalue weighted by molar-refractivity contribution is 5.89. The summed E-state index contributed by atoms with van der Waals surface area (Å²) >= 11 is 0. The highest BCUT2D eigenvalue weighted by atomic mass is 16.5. The quantitative estimate of drug-likeness (QED) is 0.0892. The van der Waals surface area contributed by atoms with Crippen molar-refractivity contribution in [2.75, 3.05) is 0 Å². The number of nitrogens with zero attached hydrogens (tertiary/aromatic N) is 2. The van der Waals surface area contributed by atoms with Gasteiger partial charge in [-0.05, 0) is 66.1 Å². The topological polar surface area (TPSA) is 158 Å². The number of carbonyl (C=O) groups is 3. The minimum absolute atomic E-state index is 0.0245. The number of hydrogen-bond donors (Lipinski definition) is 5. The minimum Gasteiger partial charge on any atom is -0.445 e. The number of pyridine rings is 1. The standard InChI is InChI=1S/C40H46N6O5/c1-3-27(2)37(39(49)42-25-36-43-32-16-10-11-17-33(32)44-36)46-38(48)31(22-28-12-6-4-7-13-28)24-35(47)34(23-29-14-8-5-9-15-29)45-40(50)51-26-30-18-20-41-21-19-30/h4-21,27,31,34-35,37,47H,3,22-26H2,1-2H3,(H,42,49)(H,43,44)(H,45,50)(H,46,48)/t27-,31+,34-,35-,37-/m0/s1. The molecule has 0 saturated heterocycles. The smallest absolute Gasteiger partial charge is 0.407 e. The van der Waals surface area contributed by atoms with Gasteiger partial charge in [-0.2, -0.15) is 0 Å². The van der Waals surface area contributed by atoms with E-state index in [9.17, 15) is 19.5 Å². The van der Waals surface area contributed by atoms with Crippen LogP contribution in [0.1, 0.15) is 49.2 Å². The van der Waals surface area contributed by atoms with Gasteiger partial charge in [0.05, 0.1) is 29.7 Å². The molecule has 0 fully saturated rings. The van der Waals surface area contributed by atoms with E-state index in [1.165, 1.54) is 0 Å². The lowest BCUT2D eigenvalue weighted by atomic mass is 9.88. The minimum atomic E-state index is -1.12. The van der Waals surface area contributed by atoms with Crippen LogP contribution in [0.3, 0.4) is 0 Å². The van der Waals surface area contributed by atoms with Crippen molar-refractivity contribution in [3.63, 3.8) is 0 Å². The number of imidazole rings is 1. The number of aromatic amines is 1. The molecule has 0 bridgehead atoms. The Labute approximate surface area is 298 Å². The van der Waals surface area contributed by atoms with E-state index in [2.05, 4.69) is 30.9 Å². The van der Waals surface area contributed by atoms with Crippen LogP contribution >= 0.6 is 0 Å². The van der Waals surface area contributed by atoms with E-state index in [4.69, 9.17) is 4.74 Å². The van der Waals surface area contributed by atoms with E-state index in [1.807, 2.05) is 98.8 Å². The molecular formula is C40H46N6O5. The predicted octanol–water partition coefficient (Wildman–Crippen LogP) is 5.25. The summed E-state index contributed by atoms with van der Waals surface area (Å²) in [4.78, 5) is 52.5. The van der Waals surface area contributed by atoms with Crippen LogP contribution in [0.4, 0.5) is 4.79 Å². The molecule has 0 radical (unpaired) electrons. The van der Waals surface area contributed by atoms with Gasteiger partial charge in [-0.1, -0.05) is 93.1 Å². The largest absolute Gasteiger partial charge is 0.445 e. The van der Waals surface area contributed by atoms with Crippen molar-refractivity contribution in [2.24, 2.45) is 11.8 Å². The Morgan fingerprint density at radius 2 is 1.45 bits per heavy atom. The molecule has 0 spiro atoms. The number of benzene rings is 3. The van der Waals surface area contributed by atoms with Gasteiger partial charge in [0.25, 0.3) is 0 Å². The number of aromatic nitrogens is 3. The average Bonchev–Trinajstić information content (AvgIpc) is 3.58. The predicted molar refractivity (Wildman–Crippen MR) is 195 cm³/mol. The molecule has 5 aromatic rings. The van der Waals surface area contributed by atoms with Gasteiger partial charge in [0.1, 0.15) is 18.5 Å². The first-order valence-electron chi connectivity index (χ1n) is 17.4. The zero-order valence-electron chi connectivity index (χ0n) is 29.0. The number of amides is 3. The van der Waals surface area contributed by atoms with Gasteiger partial charge < -0.3 is 30.8 Å². The third-order valence-electron chi connectivity index (χ3n) is 9.07. The fraction of sp³-hybridized carbons (Fsp3) is 0.325. The molecule has 5 N–H and O–H groups in total. The summed E-state index contributed by atoms with van der Waals surface area (Å²) in [5, 5.41) is 20.5. The lowest BCUT2D eigenvalue weighted by Gasteiger charge is -2.29. The molecule has 11 nitrogen and oxygen atoms in total. The molecule has 51 heavy (non-hydrogen) atoms. The average molecular weight is 691 g/mol. The first-order chi connectivity index (χ1) is 24.8. The Morgan fingerprint density at radius 3 is 2.12 bits per heavy atom. The number of carbonyl (C=O) groups excluding carboxylic acids is 3. The zero-order valence-corrected chi connectivity index (χ0v) is 29.0. The first kappa shape index (κ1) is 36.7. The van der Waals surface area contributed by atoms with Gasteiger partial charge in [-0.25, -0.2) is 9.78 Å². The van der Waals surface area contributed by atoms with Crippen molar-refractivity contribution in [2.45, 2.75) is 70.9 Å². The Morgan fingerprint density at radius 1 is 0.804 bits per heavy atom. The van der Waals surface area contributed by atoms with Gasteiger partial charge in [0.2, 0.25) is 11.8 Å². The Kier molecular flexibility index (Phi) is 13.3. The molecule has 5 rings (SSSR count). The summed E-state index contributed by atoms with van der Waals surface area (Å²) in [5.74, 6) is -0.960. The Hall–Kier alpha value is -5.55. The lowest BCUT2D eigenvalue weighted by Crippen LogP contribution is -2.53. The summed E-state index contributed by atoms with van der Waals surface area (Å²) in [7, 11) is 0. The number of rotatable bonds is 17. The fourth-order valence-electron chi connectivity index (χ4n) is 5.95. The maximum Gasteiger partial charge on any atom is 0.407 e. The monoisotopic (exact) mass is 690 g/mol. The molecule has 5 atom stereocenters. The van der Waals surface area contributed by atoms with E-state index in [0.29, 0.717) is 25.1 Å². The zero-order chi connectivity index (χ0) is 36.0. The molecule has 11 heteroatoms. The molecule has 3 amide bonds. The molecule has 2 heterocycles. The SMILES string of the molecule is CC[C@H](C)[C@H](NC(=O)[C@H](Cc1ccccc1)C[C@H](O)[C@H](Cc1ccccc1)NC(=O)OCc1ccncc1)C(=O)NCc1nc2ccccc2[nH]1. The van der Waals surface area contributed by atoms with E-state index < -0.39 is 30.2 Å². The van der Waals surface area contributed by atoms with Crippen LogP contribution in [-0.2, 0) is 40.3 Å². The van der Waals surface area contributed by atoms with Gasteiger partial charge in [0, 0.05) is 18.3 Å². The van der Waals surface area contributed by atoms with Crippen LogP contribution in [0.15, 0.2) is 109 Å². The molecule has 0 aliphatic carbocycles. The molecule has 0 saturated carbocycles. The van der Waals surface area contributed by atoms with Crippen LogP contribution in [-0.4, -0.2) is 56.2 Å². The molecule has 0 aliphatic heterocycles. The molecule has 0 aliphatic rings. The van der Waals surface area contributed by atoms with E-state index in [-0.39, 0.29) is 37.3 Å². The second-order valence-electron chi connectivity index (χ2n) is 12.9. The molecule has 2 aromatic heterocycles. The normalized spacial score (nSPS) is 14.1. The number of ether oxygens (including phenoxy) is 1. The lowest BCUT2D eigenvalue weighted by molar-refractivity contribution is -0.133. The number of aliphatic hydroxyl groups excluding tert-OH is 1. The highest BCUT2D eigenvalue weighted by Gasteiger charge is 2.33. The maximum atomic E-state index is 14.1. The number of alkyl carbamates (subject to hydrolysis) is 1. The summed E-state index contributed by atoms with van der Waals surface area (Å²) in [6.45, 7) is 4.10. The summed E-state index contributed by atoms with van der Waals surface area (Å²) in [6, 6.07) is 28.6. The third-order valence-corrected chi connectivity index (χ3v) is 9.07. The second-order valence-corrected chi connectivity index (χ2v) is 12.9. The molecule has 3 aromatic carbocycles. The van der Waals surface area contributed by atoms with Crippen molar-refractivity contribution in [1.29, 1.82) is 0 Å². The third kappa shape index (κ3) is 11.0. The number of aliphatic hydroxyl groups is 1. The molecule has 0 unspecified atom stereocenters. The van der Waals surface area contributed by atoms with Crippen molar-refractivity contribution in [3.05, 3.63) is 132 Å². The van der Waals surface area contributed by atoms with Crippen molar-refractivity contribution in [3.8, 4) is 0 Å². The van der Waals surface area contributed by atoms with Crippen molar-refractivity contribution < 1.29 is 24.2 Å². The van der Waals surface area contributed by atoms with Crippen LogP contribution in [0.5, 0.6) is 0 Å². The molecule has 266 valence electrons. The van der Waals surface area contributed by atoms with Gasteiger partial charge in [0.15, 0.2) is 0 Å². The van der Waals surface area contributed by atoms with Crippen LogP contribution in [0.2, 0.25) is 0 Å². The van der Waals surface area contributed by atoms with Gasteiger partial charge >= 0.3 is 6.09 Å². The number of nitrogens with one attached hydrogen (secondary N) is 4. The number of fused-ring (bicyclic) bond motifs is 1. The number of H-pyrrole nitrogens is 1. The maximum absolute atomic E-state index is 14.1. The van der Waals surface area contributed by atoms with Crippen molar-refractivity contribution in [1.82, 2.24) is 30.9 Å². The van der Waals surface area contributed by atoms with E-state index >= 15 is 0 Å². The summed E-state index contributed by atoms with van der Waals surface area (Å²) in [5.41, 5.74) is 4.26. The van der Waals surface area contributed by atoms with Gasteiger partial charge in [-0.15, -0.1) is 0 Å². The van der Waals surface area contributed by atoms with E-state index in [0.717, 1.165) is 27.7 Å². The Balaban J connectivity index is 1.30. The summed E-state index contributed by atoms with van der Waals surface area (Å²) in [6.07, 6.45) is 2.74. The summed E-state index contributed by atoms with van der Waals surface area (Å²) < 4.78 is 5.46. The van der Waals surface area contributed by atoms with Crippen molar-refractivity contribution >= 4 is 28.9 Å². The number of hydrogen-bond acceptors (Lipinski definition) is 7. The molecular weight excluding hydrogens is 644 g/mol. The van der Waals surface area contributed by atoms with E-state index in [1.54, 1.807) is 24.5 Å². The van der Waals surface area contributed by atoms with Crippen LogP contribution in [0.25, 0.3) is 11.0 Å². The Bertz CT molecular complexity index is 1800. The highest BCUT2D eigenvalue weighted by Crippen LogP contribution is 2.21. The number of para-hydroxylation sites is 2. The van der Waals surface area contributed by atoms with Gasteiger partial charge in [-0.3, -0.25) is 14.6 Å². The second kappa shape index (κ2) is 18.4. The van der Waals surface area contributed by atoms with Crippen LogP contribution < -0.4 is 16.0 Å². The fourth-order valence-corrected chi connectivity index (χ4v) is 5.95. The first-order valence-corrected chi connectivity index (χ1v) is 17.4.